The lowest BCUT2D eigenvalue weighted by Crippen LogP contribution is -2.25. The summed E-state index contributed by atoms with van der Waals surface area (Å²) in [7, 11) is 0. The average Bonchev–Trinajstić information content (AvgIpc) is 2.70. The average molecular weight is 248 g/mol. The summed E-state index contributed by atoms with van der Waals surface area (Å²) in [6, 6.07) is 7.15. The highest BCUT2D eigenvalue weighted by atomic mass is 16.3. The number of aliphatic hydroxyl groups excluding tert-OH is 1. The van der Waals surface area contributed by atoms with Crippen molar-refractivity contribution in [1.29, 1.82) is 0 Å². The molecule has 1 atom stereocenters. The number of carbonyl (C=O) groups is 2. The predicted octanol–water partition coefficient (Wildman–Crippen LogP) is 0.990. The van der Waals surface area contributed by atoms with Crippen molar-refractivity contribution in [3.63, 3.8) is 0 Å². The molecule has 0 bridgehead atoms. The molecule has 2 rings (SSSR count). The second-order valence-corrected chi connectivity index (χ2v) is 4.49. The highest BCUT2D eigenvalue weighted by Gasteiger charge is 2.29. The first-order valence-corrected chi connectivity index (χ1v) is 5.89. The lowest BCUT2D eigenvalue weighted by Gasteiger charge is -2.17. The number of aliphatic hydroxyl groups is 1. The Bertz CT molecular complexity index is 473. The molecule has 5 nitrogen and oxygen atoms in total. The third-order valence-corrected chi connectivity index (χ3v) is 2.94. The van der Waals surface area contributed by atoms with Crippen molar-refractivity contribution in [3.05, 3.63) is 24.3 Å². The minimum Gasteiger partial charge on any atom is -0.396 e. The van der Waals surface area contributed by atoms with Crippen molar-refractivity contribution in [2.75, 3.05) is 23.4 Å². The molecular formula is C13H16N2O3. The quantitative estimate of drug-likeness (QED) is 0.838. The molecule has 1 aromatic carbocycles. The molecule has 1 unspecified atom stereocenters. The Hall–Kier alpha value is -1.88. The summed E-state index contributed by atoms with van der Waals surface area (Å²) in [4.78, 5) is 24.4. The van der Waals surface area contributed by atoms with Crippen LogP contribution in [0.1, 0.15) is 13.3 Å². The van der Waals surface area contributed by atoms with Crippen LogP contribution in [0.3, 0.4) is 0 Å². The summed E-state index contributed by atoms with van der Waals surface area (Å²) < 4.78 is 0. The van der Waals surface area contributed by atoms with Crippen LogP contribution in [0.2, 0.25) is 0 Å². The number of hydrogen-bond donors (Lipinski definition) is 2. The van der Waals surface area contributed by atoms with E-state index in [1.165, 1.54) is 6.92 Å². The molecule has 1 aliphatic rings. The second-order valence-electron chi connectivity index (χ2n) is 4.49. The summed E-state index contributed by atoms with van der Waals surface area (Å²) >= 11 is 0. The van der Waals surface area contributed by atoms with Crippen LogP contribution in [0.5, 0.6) is 0 Å². The van der Waals surface area contributed by atoms with Crippen molar-refractivity contribution in [2.45, 2.75) is 13.3 Å². The Balaban J connectivity index is 2.18. The van der Waals surface area contributed by atoms with E-state index >= 15 is 0 Å². The third kappa shape index (κ3) is 2.68. The fraction of sp³-hybridized carbons (Fsp3) is 0.385. The summed E-state index contributed by atoms with van der Waals surface area (Å²) in [5.41, 5.74) is 1.42. The molecule has 0 aromatic heterocycles. The number of anilines is 2. The van der Waals surface area contributed by atoms with Crippen LogP contribution in [-0.2, 0) is 9.59 Å². The van der Waals surface area contributed by atoms with Gasteiger partial charge in [-0.15, -0.1) is 0 Å². The van der Waals surface area contributed by atoms with E-state index in [0.717, 1.165) is 5.69 Å². The largest absolute Gasteiger partial charge is 0.396 e. The van der Waals surface area contributed by atoms with Crippen molar-refractivity contribution in [1.82, 2.24) is 0 Å². The normalized spacial score (nSPS) is 19.1. The third-order valence-electron chi connectivity index (χ3n) is 2.94. The van der Waals surface area contributed by atoms with E-state index in [2.05, 4.69) is 5.32 Å². The molecule has 0 radical (unpaired) electrons. The maximum atomic E-state index is 11.8. The van der Waals surface area contributed by atoms with Gasteiger partial charge in [0.05, 0.1) is 0 Å². The fourth-order valence-electron chi connectivity index (χ4n) is 2.11. The van der Waals surface area contributed by atoms with Crippen LogP contribution >= 0.6 is 0 Å². The summed E-state index contributed by atoms with van der Waals surface area (Å²) in [5, 5.41) is 11.8. The Morgan fingerprint density at radius 3 is 2.94 bits per heavy atom. The minimum absolute atomic E-state index is 0.00178. The van der Waals surface area contributed by atoms with Crippen molar-refractivity contribution >= 4 is 23.2 Å². The lowest BCUT2D eigenvalue weighted by molar-refractivity contribution is -0.117. The Labute approximate surface area is 105 Å². The monoisotopic (exact) mass is 248 g/mol. The molecule has 96 valence electrons. The summed E-state index contributed by atoms with van der Waals surface area (Å²) in [6.07, 6.45) is 0.376. The number of benzene rings is 1. The summed E-state index contributed by atoms with van der Waals surface area (Å²) in [6.45, 7) is 1.99. The first-order chi connectivity index (χ1) is 8.60. The van der Waals surface area contributed by atoms with Crippen molar-refractivity contribution in [3.8, 4) is 0 Å². The predicted molar refractivity (Wildman–Crippen MR) is 68.3 cm³/mol. The number of hydrogen-bond acceptors (Lipinski definition) is 3. The van der Waals surface area contributed by atoms with Crippen molar-refractivity contribution in [2.24, 2.45) is 5.92 Å². The van der Waals surface area contributed by atoms with Gasteiger partial charge in [-0.3, -0.25) is 9.59 Å². The van der Waals surface area contributed by atoms with Gasteiger partial charge in [-0.05, 0) is 18.2 Å². The zero-order valence-electron chi connectivity index (χ0n) is 10.2. The van der Waals surface area contributed by atoms with Gasteiger partial charge in [-0.2, -0.15) is 0 Å². The van der Waals surface area contributed by atoms with Gasteiger partial charge in [0.15, 0.2) is 0 Å². The van der Waals surface area contributed by atoms with Gasteiger partial charge < -0.3 is 15.3 Å². The molecule has 1 heterocycles. The van der Waals surface area contributed by atoms with E-state index in [1.54, 1.807) is 23.1 Å². The molecule has 0 spiro atoms. The maximum absolute atomic E-state index is 11.8. The molecule has 1 saturated heterocycles. The second kappa shape index (κ2) is 5.18. The van der Waals surface area contributed by atoms with Gasteiger partial charge in [-0.1, -0.05) is 6.07 Å². The van der Waals surface area contributed by atoms with Crippen LogP contribution in [0.15, 0.2) is 24.3 Å². The number of rotatable bonds is 3. The van der Waals surface area contributed by atoms with E-state index in [4.69, 9.17) is 5.11 Å². The van der Waals surface area contributed by atoms with E-state index < -0.39 is 0 Å². The molecule has 2 amide bonds. The van der Waals surface area contributed by atoms with E-state index in [9.17, 15) is 9.59 Å². The Morgan fingerprint density at radius 1 is 1.56 bits per heavy atom. The highest BCUT2D eigenvalue weighted by molar-refractivity contribution is 5.97. The topological polar surface area (TPSA) is 69.6 Å². The number of carbonyl (C=O) groups excluding carboxylic acids is 2. The molecular weight excluding hydrogens is 232 g/mol. The molecule has 2 N–H and O–H groups in total. The van der Waals surface area contributed by atoms with Crippen molar-refractivity contribution < 1.29 is 14.7 Å². The van der Waals surface area contributed by atoms with Crippen LogP contribution in [0, 0.1) is 5.92 Å². The number of nitrogens with zero attached hydrogens (tertiary/aromatic N) is 1. The van der Waals surface area contributed by atoms with Crippen LogP contribution in [0.4, 0.5) is 11.4 Å². The van der Waals surface area contributed by atoms with E-state index in [-0.39, 0.29) is 24.3 Å². The lowest BCUT2D eigenvalue weighted by atomic mass is 10.1. The molecule has 1 aromatic rings. The zero-order valence-corrected chi connectivity index (χ0v) is 10.2. The van der Waals surface area contributed by atoms with Gasteiger partial charge in [0.1, 0.15) is 0 Å². The standard InChI is InChI=1S/C13H16N2O3/c1-9(17)14-11-3-2-4-12(6-11)15-7-10(8-16)5-13(15)18/h2-4,6,10,16H,5,7-8H2,1H3,(H,14,17). The van der Waals surface area contributed by atoms with Gasteiger partial charge >= 0.3 is 0 Å². The van der Waals surface area contributed by atoms with Crippen LogP contribution < -0.4 is 10.2 Å². The number of nitrogens with one attached hydrogen (secondary N) is 1. The molecule has 0 aliphatic carbocycles. The molecule has 5 heteroatoms. The van der Waals surface area contributed by atoms with Gasteiger partial charge in [0.25, 0.3) is 0 Å². The van der Waals surface area contributed by atoms with Gasteiger partial charge in [0, 0.05) is 43.8 Å². The highest BCUT2D eigenvalue weighted by Crippen LogP contribution is 2.26. The van der Waals surface area contributed by atoms with Crippen LogP contribution in [-0.4, -0.2) is 30.1 Å². The molecule has 0 saturated carbocycles. The molecule has 1 aliphatic heterocycles. The van der Waals surface area contributed by atoms with Gasteiger partial charge in [-0.25, -0.2) is 0 Å². The van der Waals surface area contributed by atoms with E-state index in [1.807, 2.05) is 6.07 Å². The van der Waals surface area contributed by atoms with E-state index in [0.29, 0.717) is 18.7 Å². The van der Waals surface area contributed by atoms with Crippen LogP contribution in [0.25, 0.3) is 0 Å². The first kappa shape index (κ1) is 12.6. The smallest absolute Gasteiger partial charge is 0.227 e. The Kier molecular flexibility index (Phi) is 3.62. The Morgan fingerprint density at radius 2 is 2.33 bits per heavy atom. The summed E-state index contributed by atoms with van der Waals surface area (Å²) in [5.74, 6) is -0.135. The SMILES string of the molecule is CC(=O)Nc1cccc(N2CC(CO)CC2=O)c1. The zero-order chi connectivity index (χ0) is 13.1. The maximum Gasteiger partial charge on any atom is 0.227 e. The number of amides is 2. The molecule has 18 heavy (non-hydrogen) atoms. The van der Waals surface area contributed by atoms with Gasteiger partial charge in [0.2, 0.25) is 11.8 Å². The first-order valence-electron chi connectivity index (χ1n) is 5.89. The fourth-order valence-corrected chi connectivity index (χ4v) is 2.11. The minimum atomic E-state index is -0.145. The molecule has 1 fully saturated rings.